The van der Waals surface area contributed by atoms with Crippen LogP contribution in [-0.4, -0.2) is 57.6 Å². The Bertz CT molecular complexity index is 912. The molecule has 0 amide bonds. The van der Waals surface area contributed by atoms with Crippen LogP contribution in [-0.2, 0) is 33.3 Å². The number of nitrogens with zero attached hydrogens (tertiary/aromatic N) is 2. The van der Waals surface area contributed by atoms with E-state index in [0.717, 1.165) is 16.7 Å². The van der Waals surface area contributed by atoms with Crippen molar-refractivity contribution in [3.05, 3.63) is 34.9 Å². The summed E-state index contributed by atoms with van der Waals surface area (Å²) >= 11 is 0. The molecular weight excluding hydrogens is 402 g/mol. The van der Waals surface area contributed by atoms with E-state index < -0.39 is 48.1 Å². The third kappa shape index (κ3) is 4.49. The normalized spacial score (nSPS) is 27.7. The molecule has 12 nitrogen and oxygen atoms in total. The van der Waals surface area contributed by atoms with Crippen LogP contribution in [0.3, 0.4) is 0 Å². The van der Waals surface area contributed by atoms with E-state index in [2.05, 4.69) is 4.98 Å². The molecule has 1 unspecified atom stereocenters. The fourth-order valence-corrected chi connectivity index (χ4v) is 2.96. The van der Waals surface area contributed by atoms with Crippen LogP contribution >= 0.6 is 0 Å². The van der Waals surface area contributed by atoms with E-state index in [9.17, 15) is 19.2 Å². The number of esters is 3. The summed E-state index contributed by atoms with van der Waals surface area (Å²) < 4.78 is 22.7. The average molecular weight is 423 g/mol. The second-order valence-corrected chi connectivity index (χ2v) is 6.76. The maximum absolute atomic E-state index is 12.3. The molecule has 1 fully saturated rings. The van der Waals surface area contributed by atoms with Gasteiger partial charge >= 0.3 is 23.6 Å². The van der Waals surface area contributed by atoms with Crippen LogP contribution in [0.1, 0.15) is 26.5 Å². The van der Waals surface area contributed by atoms with Crippen molar-refractivity contribution < 1.29 is 38.5 Å². The number of carbonyl (C=O) groups is 3. The third-order valence-electron chi connectivity index (χ3n) is 4.77. The van der Waals surface area contributed by atoms with Crippen LogP contribution in [0.15, 0.2) is 29.2 Å². The summed E-state index contributed by atoms with van der Waals surface area (Å²) in [5, 5.41) is 8.89. The van der Waals surface area contributed by atoms with Crippen molar-refractivity contribution in [2.24, 2.45) is 5.92 Å². The summed E-state index contributed by atoms with van der Waals surface area (Å²) in [6.07, 6.45) is -0.919. The van der Waals surface area contributed by atoms with Gasteiger partial charge in [0.2, 0.25) is 0 Å². The zero-order chi connectivity index (χ0) is 21.8. The van der Waals surface area contributed by atoms with Crippen LogP contribution in [0.4, 0.5) is 5.82 Å². The van der Waals surface area contributed by atoms with Gasteiger partial charge in [0.25, 0.3) is 0 Å². The van der Waals surface area contributed by atoms with Crippen LogP contribution in [0, 0.1) is 5.92 Å². The first-order valence-corrected chi connectivity index (χ1v) is 9.24. The number of hydrogen-bond donors (Lipinski definition) is 2. The smallest absolute Gasteiger partial charge is 0.351 e. The highest BCUT2D eigenvalue weighted by Gasteiger charge is 2.51. The van der Waals surface area contributed by atoms with Crippen molar-refractivity contribution in [2.45, 2.75) is 44.8 Å². The van der Waals surface area contributed by atoms with E-state index in [1.807, 2.05) is 6.92 Å². The molecule has 0 bridgehead atoms. The van der Waals surface area contributed by atoms with E-state index in [-0.39, 0.29) is 18.3 Å². The molecule has 162 valence electrons. The minimum Gasteiger partial charge on any atom is -0.463 e. The number of carbonyl (C=O) groups excluding carboxylic acids is 3. The number of nitrogens with one attached hydrogen (secondary N) is 1. The topological polar surface area (TPSA) is 155 Å². The maximum atomic E-state index is 12.3. The number of ether oxygens (including phenoxy) is 4. The molecule has 0 aliphatic carbocycles. The van der Waals surface area contributed by atoms with Gasteiger partial charge in [-0.3, -0.25) is 20.0 Å². The Morgan fingerprint density at radius 3 is 2.53 bits per heavy atom. The van der Waals surface area contributed by atoms with Gasteiger partial charge in [0, 0.05) is 18.3 Å². The molecule has 5 atom stereocenters. The number of aromatic nitrogens is 2. The molecule has 0 aromatic carbocycles. The Kier molecular flexibility index (Phi) is 6.47. The highest BCUT2D eigenvalue weighted by molar-refractivity contribution is 5.92. The predicted molar refractivity (Wildman–Crippen MR) is 97.1 cm³/mol. The second-order valence-electron chi connectivity index (χ2n) is 6.76. The molecule has 3 rings (SSSR count). The summed E-state index contributed by atoms with van der Waals surface area (Å²) in [7, 11) is 0. The van der Waals surface area contributed by atoms with Gasteiger partial charge in [-0.15, -0.1) is 0 Å². The molecule has 2 aliphatic rings. The predicted octanol–water partition coefficient (Wildman–Crippen LogP) is -0.0755. The number of rotatable bonds is 6. The molecular formula is C18H21N3O9. The van der Waals surface area contributed by atoms with Gasteiger partial charge in [0.1, 0.15) is 12.7 Å². The standard InChI is InChI=1S/C18H21N3O9/c1-3-9(2)17(24)27-8-10-14-15(30-13(23)5-4-12(22)29-14)16(28-10)21-7-6-11(20-26)19-18(21)25/h4-7,9-10,14-16,26H,3,8H2,1-2H3,(H,19,20,25)/b5-4-/t9-,10+,14?,15+,16+/m0/s1. The van der Waals surface area contributed by atoms with Gasteiger partial charge in [0.15, 0.2) is 24.3 Å². The minimum absolute atomic E-state index is 0.103. The molecule has 12 heteroatoms. The highest BCUT2D eigenvalue weighted by atomic mass is 16.7. The van der Waals surface area contributed by atoms with Gasteiger partial charge in [-0.25, -0.2) is 14.4 Å². The quantitative estimate of drug-likeness (QED) is 0.359. The van der Waals surface area contributed by atoms with Crippen molar-refractivity contribution in [1.82, 2.24) is 9.55 Å². The SMILES string of the molecule is CC[C@H](C)C(=O)OC[C@H]1O[C@@H](n2ccc(NO)nc2=O)[C@@H]2OC(=O)/C=C\C(=O)OC21. The fraction of sp³-hybridized carbons (Fsp3) is 0.500. The molecule has 0 spiro atoms. The summed E-state index contributed by atoms with van der Waals surface area (Å²) in [5.41, 5.74) is 0.920. The Morgan fingerprint density at radius 2 is 1.93 bits per heavy atom. The zero-order valence-electron chi connectivity index (χ0n) is 16.2. The monoisotopic (exact) mass is 423 g/mol. The summed E-state index contributed by atoms with van der Waals surface area (Å²) in [6, 6.07) is 1.28. The first-order chi connectivity index (χ1) is 14.3. The first-order valence-electron chi connectivity index (χ1n) is 9.24. The Hall–Kier alpha value is -3.25. The van der Waals surface area contributed by atoms with E-state index in [4.69, 9.17) is 24.2 Å². The van der Waals surface area contributed by atoms with Crippen LogP contribution in [0.2, 0.25) is 0 Å². The zero-order valence-corrected chi connectivity index (χ0v) is 16.2. The van der Waals surface area contributed by atoms with Crippen molar-refractivity contribution in [2.75, 3.05) is 12.1 Å². The number of fused-ring (bicyclic) bond motifs is 1. The molecule has 0 saturated carbocycles. The van der Waals surface area contributed by atoms with Crippen molar-refractivity contribution >= 4 is 23.7 Å². The molecule has 3 heterocycles. The highest BCUT2D eigenvalue weighted by Crippen LogP contribution is 2.34. The van der Waals surface area contributed by atoms with E-state index >= 15 is 0 Å². The lowest BCUT2D eigenvalue weighted by Crippen LogP contribution is -2.43. The maximum Gasteiger partial charge on any atom is 0.351 e. The minimum atomic E-state index is -1.21. The van der Waals surface area contributed by atoms with Gasteiger partial charge in [-0.1, -0.05) is 13.8 Å². The summed E-state index contributed by atoms with van der Waals surface area (Å²) in [4.78, 5) is 51.9. The number of hydrogen-bond acceptors (Lipinski definition) is 11. The molecule has 1 aromatic heterocycles. The van der Waals surface area contributed by atoms with Gasteiger partial charge in [-0.2, -0.15) is 4.98 Å². The largest absolute Gasteiger partial charge is 0.463 e. The summed E-state index contributed by atoms with van der Waals surface area (Å²) in [5.74, 6) is -2.55. The van der Waals surface area contributed by atoms with E-state index in [1.165, 1.54) is 12.3 Å². The van der Waals surface area contributed by atoms with Crippen molar-refractivity contribution in [3.8, 4) is 0 Å². The second kappa shape index (κ2) is 9.05. The van der Waals surface area contributed by atoms with Gasteiger partial charge < -0.3 is 18.9 Å². The molecule has 2 N–H and O–H groups in total. The van der Waals surface area contributed by atoms with Gasteiger partial charge in [-0.05, 0) is 12.5 Å². The third-order valence-corrected chi connectivity index (χ3v) is 4.77. The molecule has 0 radical (unpaired) electrons. The fourth-order valence-electron chi connectivity index (χ4n) is 2.96. The molecule has 30 heavy (non-hydrogen) atoms. The average Bonchev–Trinajstić information content (AvgIpc) is 3.04. The van der Waals surface area contributed by atoms with Crippen LogP contribution in [0.25, 0.3) is 0 Å². The Morgan fingerprint density at radius 1 is 1.27 bits per heavy atom. The van der Waals surface area contributed by atoms with E-state index in [0.29, 0.717) is 6.42 Å². The van der Waals surface area contributed by atoms with Crippen LogP contribution < -0.4 is 11.2 Å². The molecule has 1 saturated heterocycles. The lowest BCUT2D eigenvalue weighted by molar-refractivity contribution is -0.165. The first kappa shape index (κ1) is 21.5. The van der Waals surface area contributed by atoms with Crippen molar-refractivity contribution in [3.63, 3.8) is 0 Å². The molecule has 1 aromatic rings. The number of anilines is 1. The van der Waals surface area contributed by atoms with E-state index in [1.54, 1.807) is 12.4 Å². The molecule has 2 aliphatic heterocycles. The van der Waals surface area contributed by atoms with Gasteiger partial charge in [0.05, 0.1) is 5.92 Å². The Balaban J connectivity index is 1.90. The van der Waals surface area contributed by atoms with Crippen LogP contribution in [0.5, 0.6) is 0 Å². The summed E-state index contributed by atoms with van der Waals surface area (Å²) in [6.45, 7) is 3.25. The lowest BCUT2D eigenvalue weighted by atomic mass is 10.1. The van der Waals surface area contributed by atoms with Crippen molar-refractivity contribution in [1.29, 1.82) is 0 Å². The Labute approximate surface area is 170 Å². The lowest BCUT2D eigenvalue weighted by Gasteiger charge is -2.25.